The van der Waals surface area contributed by atoms with Crippen LogP contribution < -0.4 is 26.3 Å². The topological polar surface area (TPSA) is 216 Å². The number of aromatic nitrogens is 3. The molecule has 0 spiro atoms. The molecule has 2 aliphatic rings. The number of carboxylic acid groups (broad SMARTS) is 1. The second-order valence-corrected chi connectivity index (χ2v) is 20.2. The molecule has 0 radical (unpaired) electrons. The van der Waals surface area contributed by atoms with Crippen LogP contribution in [0.2, 0.25) is 0 Å². The van der Waals surface area contributed by atoms with Crippen LogP contribution in [-0.4, -0.2) is 155 Å². The fraction of sp³-hybridized carbons (Fsp3) is 0.500. The highest BCUT2D eigenvalue weighted by Gasteiger charge is 2.57. The minimum atomic E-state index is -5.28. The fourth-order valence-corrected chi connectivity index (χ4v) is 8.88. The number of alkyl halides is 8. The van der Waals surface area contributed by atoms with Crippen molar-refractivity contribution in [2.75, 3.05) is 57.9 Å². The fourth-order valence-electron chi connectivity index (χ4n) is 8.88. The van der Waals surface area contributed by atoms with Crippen molar-refractivity contribution in [1.82, 2.24) is 46.0 Å². The van der Waals surface area contributed by atoms with E-state index >= 15 is 8.78 Å². The molecule has 436 valence electrons. The maximum Gasteiger partial charge on any atom is 0.407 e. The monoisotopic (exact) mass is 1140 g/mol. The summed E-state index contributed by atoms with van der Waals surface area (Å²) in [6, 6.07) is 5.50. The van der Waals surface area contributed by atoms with Gasteiger partial charge in [-0.15, -0.1) is 0 Å². The molecule has 4 unspecified atom stereocenters. The number of rotatable bonds is 19. The molecular formula is C52H60F10N10O8. The summed E-state index contributed by atoms with van der Waals surface area (Å²) < 4.78 is 155. The molecule has 6 rings (SSSR count). The summed E-state index contributed by atoms with van der Waals surface area (Å²) in [5, 5.41) is 31.1. The molecule has 4 amide bonds. The Morgan fingerprint density at radius 2 is 1.39 bits per heavy atom. The van der Waals surface area contributed by atoms with Gasteiger partial charge in [0.15, 0.2) is 0 Å². The lowest BCUT2D eigenvalue weighted by Gasteiger charge is -2.41. The number of hydrazine groups is 1. The van der Waals surface area contributed by atoms with Gasteiger partial charge in [-0.3, -0.25) is 19.9 Å². The number of nitrogens with zero attached hydrogens (tertiary/aromatic N) is 6. The Balaban J connectivity index is 1.30. The Morgan fingerprint density at radius 1 is 0.812 bits per heavy atom. The number of methoxy groups -OCH3 is 1. The van der Waals surface area contributed by atoms with Crippen molar-refractivity contribution in [3.63, 3.8) is 0 Å². The molecule has 4 heterocycles. The third-order valence-electron chi connectivity index (χ3n) is 14.1. The van der Waals surface area contributed by atoms with Gasteiger partial charge in [-0.25, -0.2) is 33.0 Å². The smallest absolute Gasteiger partial charge is 0.407 e. The van der Waals surface area contributed by atoms with E-state index in [1.54, 1.807) is 6.20 Å². The van der Waals surface area contributed by atoms with Crippen molar-refractivity contribution in [1.29, 1.82) is 0 Å². The molecule has 2 aromatic carbocycles. The number of aliphatic hydroxyl groups excluding tert-OH is 1. The highest BCUT2D eigenvalue weighted by molar-refractivity contribution is 5.87. The van der Waals surface area contributed by atoms with Gasteiger partial charge in [0.05, 0.1) is 35.8 Å². The number of nitrogens with one attached hydrogen (secondary N) is 4. The average molecular weight is 1140 g/mol. The van der Waals surface area contributed by atoms with Crippen molar-refractivity contribution in [2.45, 2.75) is 103 Å². The lowest BCUT2D eigenvalue weighted by molar-refractivity contribution is -0.221. The number of hydrogen-bond donors (Lipinski definition) is 6. The van der Waals surface area contributed by atoms with Crippen molar-refractivity contribution in [2.24, 2.45) is 10.8 Å². The first-order valence-electron chi connectivity index (χ1n) is 25.0. The van der Waals surface area contributed by atoms with E-state index in [1.807, 2.05) is 22.9 Å². The van der Waals surface area contributed by atoms with Crippen molar-refractivity contribution < 1.29 is 82.8 Å². The molecule has 2 fully saturated rings. The van der Waals surface area contributed by atoms with Crippen LogP contribution in [0.15, 0.2) is 67.0 Å². The number of benzene rings is 2. The zero-order chi connectivity index (χ0) is 58.9. The zero-order valence-electron chi connectivity index (χ0n) is 43.9. The summed E-state index contributed by atoms with van der Waals surface area (Å²) in [7, 11) is 0.811. The largest absolute Gasteiger partial charge is 0.465 e. The quantitative estimate of drug-likeness (QED) is 0.0325. The lowest BCUT2D eigenvalue weighted by atomic mass is 9.82. The van der Waals surface area contributed by atoms with Crippen molar-refractivity contribution in [3.8, 4) is 23.1 Å². The summed E-state index contributed by atoms with van der Waals surface area (Å²) in [5.74, 6) is 0.555. The summed E-state index contributed by atoms with van der Waals surface area (Å²) in [5.41, 5.74) is -4.69. The molecule has 4 aromatic rings. The van der Waals surface area contributed by atoms with E-state index in [1.165, 1.54) is 29.6 Å². The van der Waals surface area contributed by atoms with E-state index in [0.717, 1.165) is 77.4 Å². The molecule has 0 bridgehead atoms. The Bertz CT molecular complexity index is 2820. The van der Waals surface area contributed by atoms with Crippen LogP contribution in [0.25, 0.3) is 11.3 Å². The van der Waals surface area contributed by atoms with Gasteiger partial charge in [0.25, 0.3) is 5.91 Å². The maximum atomic E-state index is 16.0. The van der Waals surface area contributed by atoms with Crippen LogP contribution in [0.4, 0.5) is 59.3 Å². The van der Waals surface area contributed by atoms with Crippen LogP contribution >= 0.6 is 0 Å². The normalized spacial score (nSPS) is 16.5. The number of amides is 4. The number of carbonyl (C=O) groups is 4. The van der Waals surface area contributed by atoms with E-state index < -0.39 is 115 Å². The summed E-state index contributed by atoms with van der Waals surface area (Å²) in [4.78, 5) is 61.3. The average Bonchev–Trinajstić information content (AvgIpc) is 3.95. The van der Waals surface area contributed by atoms with Crippen molar-refractivity contribution >= 4 is 29.8 Å². The molecule has 2 aromatic heterocycles. The highest BCUT2D eigenvalue weighted by atomic mass is 19.4. The maximum absolute atomic E-state index is 16.0. The molecule has 18 nitrogen and oxygen atoms in total. The zero-order valence-corrected chi connectivity index (χ0v) is 43.9. The number of pyridine rings is 1. The molecule has 0 saturated carbocycles. The minimum absolute atomic E-state index is 0.187. The molecule has 28 heteroatoms. The predicted molar refractivity (Wildman–Crippen MR) is 267 cm³/mol. The number of carbonyl (C=O) groups excluding carboxylic acids is 3. The van der Waals surface area contributed by atoms with E-state index in [0.29, 0.717) is 62.0 Å². The number of ether oxygens (including phenoxy) is 2. The minimum Gasteiger partial charge on any atom is -0.465 e. The van der Waals surface area contributed by atoms with Gasteiger partial charge in [0, 0.05) is 93.2 Å². The number of aliphatic hydroxyl groups is 1. The van der Waals surface area contributed by atoms with Crippen LogP contribution in [0, 0.1) is 34.3 Å². The number of hydrogen-bond acceptors (Lipinski definition) is 12. The lowest BCUT2D eigenvalue weighted by Crippen LogP contribution is -2.63. The van der Waals surface area contributed by atoms with Crippen LogP contribution in [-0.2, 0) is 32.0 Å². The Hall–Kier alpha value is -7.22. The summed E-state index contributed by atoms with van der Waals surface area (Å²) >= 11 is 0. The predicted octanol–water partition coefficient (Wildman–Crippen LogP) is 6.78. The van der Waals surface area contributed by atoms with Crippen molar-refractivity contribution in [3.05, 3.63) is 101 Å². The number of piperazine rings is 1. The highest BCUT2D eigenvalue weighted by Crippen LogP contribution is 2.42. The van der Waals surface area contributed by atoms with Gasteiger partial charge >= 0.3 is 31.1 Å². The van der Waals surface area contributed by atoms with Gasteiger partial charge in [-0.05, 0) is 95.0 Å². The standard InChI is InChI=1S/C52H60F10N10O8/c1-49(2,51(57,58)59)42(66-48(78)79-5)44(74)64-39(24-31-9-6-30(7-10-31)8-11-32-12-13-41(63-27-32)70-20-18-69(19-21-70)34-15-22-80-23-16-34)40(73)29-71(68-45(75)43(65-47(76)77)50(3,4)52(60,61)62)28-35-36(53)25-33(26-37(35)54)38-14-17-72(67-38)46(55)56/h6-7,9-10,12-14,17,25-27,34,39-40,42-43,46,65,73H,15-16,18-24,28-29H2,1-5H3,(H,64,74)(H,66,78)(H,68,75)(H,76,77). The van der Waals surface area contributed by atoms with Crippen LogP contribution in [0.3, 0.4) is 0 Å². The van der Waals surface area contributed by atoms with Gasteiger partial charge < -0.3 is 40.5 Å². The van der Waals surface area contributed by atoms with Crippen LogP contribution in [0.5, 0.6) is 0 Å². The molecule has 0 aliphatic carbocycles. The second kappa shape index (κ2) is 25.9. The Kier molecular flexibility index (Phi) is 20.1. The third-order valence-corrected chi connectivity index (χ3v) is 14.1. The molecule has 6 N–H and O–H groups in total. The molecular weight excluding hydrogens is 1080 g/mol. The summed E-state index contributed by atoms with van der Waals surface area (Å²) in [6.07, 6.45) is -12.3. The second-order valence-electron chi connectivity index (χ2n) is 20.2. The first-order chi connectivity index (χ1) is 37.5. The Labute approximate surface area is 453 Å². The Morgan fingerprint density at radius 3 is 1.91 bits per heavy atom. The first-order valence-corrected chi connectivity index (χ1v) is 25.0. The van der Waals surface area contributed by atoms with E-state index in [4.69, 9.17) is 4.74 Å². The molecule has 2 saturated heterocycles. The summed E-state index contributed by atoms with van der Waals surface area (Å²) in [6.45, 7) is 1.51. The number of alkyl carbamates (subject to hydrolysis) is 1. The SMILES string of the molecule is COC(=O)NC(C(=O)NC(Cc1ccc(C#Cc2ccc(N3CCN(C4CCOCC4)CC3)nc2)cc1)C(O)CN(Cc1c(F)cc(-c2ccn(C(F)F)n2)cc1F)NC(=O)C(NC(=O)O)C(C)(C)C(F)(F)F)C(C)(C)C(F)(F)F. The number of halogens is 10. The van der Waals surface area contributed by atoms with Gasteiger partial charge in [-0.2, -0.15) is 40.2 Å². The van der Waals surface area contributed by atoms with E-state index in [9.17, 15) is 64.5 Å². The molecule has 80 heavy (non-hydrogen) atoms. The van der Waals surface area contributed by atoms with Gasteiger partial charge in [0.1, 0.15) is 29.5 Å². The molecule has 4 atom stereocenters. The third kappa shape index (κ3) is 15.6. The van der Waals surface area contributed by atoms with Gasteiger partial charge in [-0.1, -0.05) is 24.0 Å². The first kappa shape index (κ1) is 62.0. The van der Waals surface area contributed by atoms with E-state index in [2.05, 4.69) is 41.8 Å². The van der Waals surface area contributed by atoms with Gasteiger partial charge in [0.2, 0.25) is 5.91 Å². The van der Waals surface area contributed by atoms with E-state index in [-0.39, 0.29) is 21.5 Å². The van der Waals surface area contributed by atoms with Crippen LogP contribution in [0.1, 0.15) is 69.3 Å². The molecule has 2 aliphatic heterocycles. The number of anilines is 1.